The topological polar surface area (TPSA) is 76.0 Å². The lowest BCUT2D eigenvalue weighted by Gasteiger charge is -2.12. The smallest absolute Gasteiger partial charge is 0.254 e. The SMILES string of the molecule is Cc1nc(-c2ccccc2)cc(=O)n1CC(=O)Nc1ccc(Nc2ccccc2)cc1. The predicted molar refractivity (Wildman–Crippen MR) is 123 cm³/mol. The van der Waals surface area contributed by atoms with E-state index in [0.29, 0.717) is 17.2 Å². The van der Waals surface area contributed by atoms with E-state index in [0.717, 1.165) is 16.9 Å². The van der Waals surface area contributed by atoms with Gasteiger partial charge in [0.15, 0.2) is 0 Å². The Kier molecular flexibility index (Phi) is 5.89. The molecule has 0 saturated carbocycles. The summed E-state index contributed by atoms with van der Waals surface area (Å²) in [5.74, 6) is 0.201. The van der Waals surface area contributed by atoms with Crippen molar-refractivity contribution in [1.29, 1.82) is 0 Å². The van der Waals surface area contributed by atoms with Crippen LogP contribution in [0, 0.1) is 6.92 Å². The van der Waals surface area contributed by atoms with Crippen molar-refractivity contribution in [3.8, 4) is 11.3 Å². The summed E-state index contributed by atoms with van der Waals surface area (Å²) < 4.78 is 1.37. The van der Waals surface area contributed by atoms with Gasteiger partial charge in [-0.3, -0.25) is 14.2 Å². The van der Waals surface area contributed by atoms with E-state index < -0.39 is 0 Å². The number of carbonyl (C=O) groups is 1. The van der Waals surface area contributed by atoms with Gasteiger partial charge in [0.05, 0.1) is 5.69 Å². The Hall–Kier alpha value is -4.19. The number of carbonyl (C=O) groups excluding carboxylic acids is 1. The first-order valence-corrected chi connectivity index (χ1v) is 9.94. The van der Waals surface area contributed by atoms with E-state index in [2.05, 4.69) is 15.6 Å². The van der Waals surface area contributed by atoms with Gasteiger partial charge in [-0.05, 0) is 43.3 Å². The number of benzene rings is 3. The highest BCUT2D eigenvalue weighted by atomic mass is 16.2. The second kappa shape index (κ2) is 9.09. The Bertz CT molecular complexity index is 1230. The Morgan fingerprint density at radius 3 is 2.06 bits per heavy atom. The molecule has 31 heavy (non-hydrogen) atoms. The number of nitrogens with one attached hydrogen (secondary N) is 2. The summed E-state index contributed by atoms with van der Waals surface area (Å²) in [6.45, 7) is 1.63. The minimum atomic E-state index is -0.289. The summed E-state index contributed by atoms with van der Waals surface area (Å²) in [4.78, 5) is 29.6. The van der Waals surface area contributed by atoms with Crippen LogP contribution in [-0.2, 0) is 11.3 Å². The van der Waals surface area contributed by atoms with Gasteiger partial charge in [-0.1, -0.05) is 48.5 Å². The average molecular weight is 410 g/mol. The van der Waals surface area contributed by atoms with Crippen molar-refractivity contribution in [2.75, 3.05) is 10.6 Å². The fourth-order valence-electron chi connectivity index (χ4n) is 3.24. The Morgan fingerprint density at radius 1 is 0.839 bits per heavy atom. The van der Waals surface area contributed by atoms with E-state index in [-0.39, 0.29) is 18.0 Å². The maximum absolute atomic E-state index is 12.6. The van der Waals surface area contributed by atoms with E-state index >= 15 is 0 Å². The van der Waals surface area contributed by atoms with Crippen LogP contribution in [0.1, 0.15) is 5.82 Å². The van der Waals surface area contributed by atoms with E-state index in [1.165, 1.54) is 10.6 Å². The fraction of sp³-hybridized carbons (Fsp3) is 0.0800. The summed E-state index contributed by atoms with van der Waals surface area (Å²) in [5.41, 5.74) is 3.76. The lowest BCUT2D eigenvalue weighted by Crippen LogP contribution is -2.29. The maximum atomic E-state index is 12.6. The lowest BCUT2D eigenvalue weighted by atomic mass is 10.1. The van der Waals surface area contributed by atoms with E-state index in [4.69, 9.17) is 0 Å². The van der Waals surface area contributed by atoms with E-state index in [9.17, 15) is 9.59 Å². The molecule has 3 aromatic carbocycles. The monoisotopic (exact) mass is 410 g/mol. The molecule has 0 bridgehead atoms. The number of amides is 1. The molecule has 1 amide bonds. The van der Waals surface area contributed by atoms with Gasteiger partial charge in [0.25, 0.3) is 5.56 Å². The molecule has 6 nitrogen and oxygen atoms in total. The zero-order valence-corrected chi connectivity index (χ0v) is 17.1. The predicted octanol–water partition coefficient (Wildman–Crippen LogP) is 4.60. The number of hydrogen-bond acceptors (Lipinski definition) is 4. The average Bonchev–Trinajstić information content (AvgIpc) is 2.79. The second-order valence-electron chi connectivity index (χ2n) is 7.10. The van der Waals surface area contributed by atoms with Gasteiger partial charge in [-0.25, -0.2) is 4.98 Å². The summed E-state index contributed by atoms with van der Waals surface area (Å²) in [6, 6.07) is 28.2. The van der Waals surface area contributed by atoms with Crippen molar-refractivity contribution < 1.29 is 4.79 Å². The molecule has 0 fully saturated rings. The van der Waals surface area contributed by atoms with Crippen LogP contribution in [0.2, 0.25) is 0 Å². The standard InChI is InChI=1S/C25H22N4O2/c1-18-26-23(19-8-4-2-5-9-19)16-25(31)29(18)17-24(30)28-22-14-12-21(13-15-22)27-20-10-6-3-7-11-20/h2-16,27H,17H2,1H3,(H,28,30). The third-order valence-corrected chi connectivity index (χ3v) is 4.80. The van der Waals surface area contributed by atoms with Gasteiger partial charge in [0, 0.05) is 28.7 Å². The maximum Gasteiger partial charge on any atom is 0.254 e. The third-order valence-electron chi connectivity index (χ3n) is 4.80. The molecule has 0 aliphatic rings. The third kappa shape index (κ3) is 5.05. The normalized spacial score (nSPS) is 10.5. The summed E-state index contributed by atoms with van der Waals surface area (Å²) in [7, 11) is 0. The van der Waals surface area contributed by atoms with Crippen molar-refractivity contribution in [2.45, 2.75) is 13.5 Å². The molecule has 0 atom stereocenters. The number of para-hydroxylation sites is 1. The summed E-state index contributed by atoms with van der Waals surface area (Å²) in [6.07, 6.45) is 0. The van der Waals surface area contributed by atoms with Crippen molar-refractivity contribution in [3.63, 3.8) is 0 Å². The Morgan fingerprint density at radius 2 is 1.42 bits per heavy atom. The van der Waals surface area contributed by atoms with E-state index in [1.54, 1.807) is 6.92 Å². The van der Waals surface area contributed by atoms with Gasteiger partial charge >= 0.3 is 0 Å². The summed E-state index contributed by atoms with van der Waals surface area (Å²) >= 11 is 0. The van der Waals surface area contributed by atoms with Crippen LogP contribution in [0.25, 0.3) is 11.3 Å². The van der Waals surface area contributed by atoms with Crippen molar-refractivity contribution in [2.24, 2.45) is 0 Å². The lowest BCUT2D eigenvalue weighted by molar-refractivity contribution is -0.116. The van der Waals surface area contributed by atoms with Crippen LogP contribution < -0.4 is 16.2 Å². The molecule has 0 unspecified atom stereocenters. The molecule has 0 radical (unpaired) electrons. The number of aromatic nitrogens is 2. The number of hydrogen-bond donors (Lipinski definition) is 2. The fourth-order valence-corrected chi connectivity index (χ4v) is 3.24. The molecule has 0 aliphatic carbocycles. The minimum absolute atomic E-state index is 0.100. The molecule has 1 aromatic heterocycles. The van der Waals surface area contributed by atoms with E-state index in [1.807, 2.05) is 84.9 Å². The molecule has 2 N–H and O–H groups in total. The number of nitrogens with zero attached hydrogens (tertiary/aromatic N) is 2. The zero-order chi connectivity index (χ0) is 21.6. The first-order chi connectivity index (χ1) is 15.1. The first-order valence-electron chi connectivity index (χ1n) is 9.94. The molecule has 0 spiro atoms. The van der Waals surface area contributed by atoms with Crippen LogP contribution in [0.3, 0.4) is 0 Å². The van der Waals surface area contributed by atoms with Crippen molar-refractivity contribution in [3.05, 3.63) is 107 Å². The highest BCUT2D eigenvalue weighted by Gasteiger charge is 2.11. The largest absolute Gasteiger partial charge is 0.356 e. The van der Waals surface area contributed by atoms with Crippen LogP contribution >= 0.6 is 0 Å². The van der Waals surface area contributed by atoms with Gasteiger partial charge in [-0.2, -0.15) is 0 Å². The van der Waals surface area contributed by atoms with Crippen LogP contribution in [0.5, 0.6) is 0 Å². The molecule has 6 heteroatoms. The minimum Gasteiger partial charge on any atom is -0.356 e. The molecule has 4 rings (SSSR count). The molecule has 154 valence electrons. The number of aryl methyl sites for hydroxylation is 1. The van der Waals surface area contributed by atoms with Crippen molar-refractivity contribution in [1.82, 2.24) is 9.55 Å². The number of anilines is 3. The van der Waals surface area contributed by atoms with Gasteiger partial charge < -0.3 is 10.6 Å². The van der Waals surface area contributed by atoms with Crippen LogP contribution in [0.4, 0.5) is 17.1 Å². The first kappa shape index (κ1) is 20.1. The quantitative estimate of drug-likeness (QED) is 0.487. The molecule has 1 heterocycles. The Labute approximate surface area is 180 Å². The molecular formula is C25H22N4O2. The zero-order valence-electron chi connectivity index (χ0n) is 17.1. The van der Waals surface area contributed by atoms with Crippen LogP contribution in [-0.4, -0.2) is 15.5 Å². The Balaban J connectivity index is 1.42. The molecule has 4 aromatic rings. The molecule has 0 aliphatic heterocycles. The molecule has 0 saturated heterocycles. The number of rotatable bonds is 6. The highest BCUT2D eigenvalue weighted by molar-refractivity contribution is 5.90. The van der Waals surface area contributed by atoms with Gasteiger partial charge in [-0.15, -0.1) is 0 Å². The summed E-state index contributed by atoms with van der Waals surface area (Å²) in [5, 5.41) is 6.12. The van der Waals surface area contributed by atoms with Gasteiger partial charge in [0.2, 0.25) is 5.91 Å². The van der Waals surface area contributed by atoms with Gasteiger partial charge in [0.1, 0.15) is 12.4 Å². The van der Waals surface area contributed by atoms with Crippen molar-refractivity contribution >= 4 is 23.0 Å². The molecular weight excluding hydrogens is 388 g/mol. The van der Waals surface area contributed by atoms with Crippen LogP contribution in [0.15, 0.2) is 95.8 Å². The highest BCUT2D eigenvalue weighted by Crippen LogP contribution is 2.19. The second-order valence-corrected chi connectivity index (χ2v) is 7.10.